The van der Waals surface area contributed by atoms with Crippen LogP contribution in [-0.4, -0.2) is 44.4 Å². The van der Waals surface area contributed by atoms with Crippen LogP contribution in [0.2, 0.25) is 0 Å². The standard InChI is InChI=1S/C12H22N2O3S/c1-16-8-9(17-2)7-14-11(15)12(10(13)18)5-3-4-6-12/h9H,3-8H2,1-2H3,(H2,13,18)(H,14,15). The maximum absolute atomic E-state index is 12.3. The van der Waals surface area contributed by atoms with Gasteiger partial charge in [-0.1, -0.05) is 25.1 Å². The Labute approximate surface area is 113 Å². The zero-order chi connectivity index (χ0) is 13.6. The van der Waals surface area contributed by atoms with Gasteiger partial charge in [0.25, 0.3) is 0 Å². The van der Waals surface area contributed by atoms with Gasteiger partial charge >= 0.3 is 0 Å². The van der Waals surface area contributed by atoms with Gasteiger partial charge in [-0.05, 0) is 12.8 Å². The molecule has 0 bridgehead atoms. The lowest BCUT2D eigenvalue weighted by atomic mass is 9.85. The van der Waals surface area contributed by atoms with Gasteiger partial charge in [0.05, 0.1) is 23.1 Å². The number of methoxy groups -OCH3 is 2. The smallest absolute Gasteiger partial charge is 0.233 e. The van der Waals surface area contributed by atoms with Crippen LogP contribution in [0.1, 0.15) is 25.7 Å². The van der Waals surface area contributed by atoms with E-state index in [4.69, 9.17) is 27.4 Å². The molecule has 6 heteroatoms. The van der Waals surface area contributed by atoms with Crippen molar-refractivity contribution < 1.29 is 14.3 Å². The van der Waals surface area contributed by atoms with E-state index in [-0.39, 0.29) is 12.0 Å². The molecule has 1 unspecified atom stereocenters. The van der Waals surface area contributed by atoms with E-state index in [0.29, 0.717) is 18.1 Å². The number of nitrogens with one attached hydrogen (secondary N) is 1. The lowest BCUT2D eigenvalue weighted by Gasteiger charge is -2.27. The van der Waals surface area contributed by atoms with Crippen LogP contribution in [0.3, 0.4) is 0 Å². The van der Waals surface area contributed by atoms with Gasteiger partial charge in [0, 0.05) is 20.8 Å². The number of thiocarbonyl (C=S) groups is 1. The predicted molar refractivity (Wildman–Crippen MR) is 73.4 cm³/mol. The Kier molecular flexibility index (Phi) is 5.98. The summed E-state index contributed by atoms with van der Waals surface area (Å²) in [5.74, 6) is -0.0781. The number of carbonyl (C=O) groups is 1. The van der Waals surface area contributed by atoms with Crippen LogP contribution in [-0.2, 0) is 14.3 Å². The predicted octanol–water partition coefficient (Wildman–Crippen LogP) is 0.611. The lowest BCUT2D eigenvalue weighted by molar-refractivity contribution is -0.128. The van der Waals surface area contributed by atoms with Crippen molar-refractivity contribution in [3.8, 4) is 0 Å². The molecule has 0 saturated heterocycles. The van der Waals surface area contributed by atoms with Crippen molar-refractivity contribution in [3.05, 3.63) is 0 Å². The molecule has 1 saturated carbocycles. The summed E-state index contributed by atoms with van der Waals surface area (Å²) in [4.78, 5) is 12.6. The molecule has 0 aromatic rings. The largest absolute Gasteiger partial charge is 0.392 e. The third-order valence-corrected chi connectivity index (χ3v) is 3.93. The molecule has 0 aliphatic heterocycles. The normalized spacial score (nSPS) is 19.4. The topological polar surface area (TPSA) is 73.6 Å². The molecule has 1 atom stereocenters. The molecule has 1 aliphatic carbocycles. The summed E-state index contributed by atoms with van der Waals surface area (Å²) in [5.41, 5.74) is 5.09. The molecule has 0 aromatic heterocycles. The van der Waals surface area contributed by atoms with Gasteiger partial charge < -0.3 is 20.5 Å². The quantitative estimate of drug-likeness (QED) is 0.665. The molecular formula is C12H22N2O3S. The Bertz CT molecular complexity index is 304. The van der Waals surface area contributed by atoms with Crippen LogP contribution < -0.4 is 11.1 Å². The Morgan fingerprint density at radius 1 is 1.44 bits per heavy atom. The van der Waals surface area contributed by atoms with E-state index < -0.39 is 5.41 Å². The summed E-state index contributed by atoms with van der Waals surface area (Å²) < 4.78 is 10.2. The highest BCUT2D eigenvalue weighted by atomic mass is 32.1. The number of ether oxygens (including phenoxy) is 2. The van der Waals surface area contributed by atoms with Crippen LogP contribution >= 0.6 is 12.2 Å². The molecule has 5 nitrogen and oxygen atoms in total. The Balaban J connectivity index is 2.55. The van der Waals surface area contributed by atoms with Gasteiger partial charge in [-0.15, -0.1) is 0 Å². The van der Waals surface area contributed by atoms with Crippen molar-refractivity contribution in [2.75, 3.05) is 27.4 Å². The highest BCUT2D eigenvalue weighted by Crippen LogP contribution is 2.38. The number of rotatable bonds is 7. The van der Waals surface area contributed by atoms with Gasteiger partial charge in [-0.2, -0.15) is 0 Å². The van der Waals surface area contributed by atoms with Crippen molar-refractivity contribution in [2.24, 2.45) is 11.1 Å². The average Bonchev–Trinajstić information content (AvgIpc) is 2.84. The van der Waals surface area contributed by atoms with Crippen molar-refractivity contribution in [1.82, 2.24) is 5.32 Å². The van der Waals surface area contributed by atoms with Crippen LogP contribution in [0.5, 0.6) is 0 Å². The molecule has 0 heterocycles. The second-order valence-corrected chi connectivity index (χ2v) is 5.12. The van der Waals surface area contributed by atoms with Crippen LogP contribution in [0.15, 0.2) is 0 Å². The Morgan fingerprint density at radius 2 is 2.06 bits per heavy atom. The first kappa shape index (κ1) is 15.3. The zero-order valence-corrected chi connectivity index (χ0v) is 11.8. The van der Waals surface area contributed by atoms with E-state index in [0.717, 1.165) is 25.7 Å². The monoisotopic (exact) mass is 274 g/mol. The average molecular weight is 274 g/mol. The SMILES string of the molecule is COCC(CNC(=O)C1(C(N)=S)CCCC1)OC. The number of nitrogens with two attached hydrogens (primary N) is 1. The minimum absolute atomic E-state index is 0.0781. The molecule has 104 valence electrons. The molecular weight excluding hydrogens is 252 g/mol. The first-order valence-corrected chi connectivity index (χ1v) is 6.57. The van der Waals surface area contributed by atoms with Crippen molar-refractivity contribution in [3.63, 3.8) is 0 Å². The van der Waals surface area contributed by atoms with Crippen molar-refractivity contribution in [1.29, 1.82) is 0 Å². The number of hydrogen-bond acceptors (Lipinski definition) is 4. The number of carbonyl (C=O) groups excluding carboxylic acids is 1. The molecule has 0 spiro atoms. The molecule has 18 heavy (non-hydrogen) atoms. The molecule has 1 fully saturated rings. The number of hydrogen-bond donors (Lipinski definition) is 2. The minimum Gasteiger partial charge on any atom is -0.392 e. The summed E-state index contributed by atoms with van der Waals surface area (Å²) >= 11 is 5.06. The summed E-state index contributed by atoms with van der Waals surface area (Å²) in [6, 6.07) is 0. The number of amides is 1. The fourth-order valence-electron chi connectivity index (χ4n) is 2.34. The molecule has 3 N–H and O–H groups in total. The molecule has 1 amide bonds. The van der Waals surface area contributed by atoms with Gasteiger partial charge in [0.15, 0.2) is 0 Å². The van der Waals surface area contributed by atoms with Gasteiger partial charge in [-0.25, -0.2) is 0 Å². The van der Waals surface area contributed by atoms with Crippen molar-refractivity contribution >= 4 is 23.1 Å². The molecule has 0 radical (unpaired) electrons. The lowest BCUT2D eigenvalue weighted by Crippen LogP contribution is -2.49. The van der Waals surface area contributed by atoms with Gasteiger partial charge in [0.1, 0.15) is 0 Å². The fraction of sp³-hybridized carbons (Fsp3) is 0.833. The highest BCUT2D eigenvalue weighted by Gasteiger charge is 2.43. The van der Waals surface area contributed by atoms with Crippen molar-refractivity contribution in [2.45, 2.75) is 31.8 Å². The molecule has 1 aliphatic rings. The maximum Gasteiger partial charge on any atom is 0.233 e. The van der Waals surface area contributed by atoms with E-state index >= 15 is 0 Å². The second kappa shape index (κ2) is 7.01. The maximum atomic E-state index is 12.3. The Morgan fingerprint density at radius 3 is 2.50 bits per heavy atom. The summed E-state index contributed by atoms with van der Waals surface area (Å²) in [5, 5.41) is 2.87. The highest BCUT2D eigenvalue weighted by molar-refractivity contribution is 7.80. The second-order valence-electron chi connectivity index (χ2n) is 4.68. The molecule has 1 rings (SSSR count). The Hall–Kier alpha value is -0.720. The summed E-state index contributed by atoms with van der Waals surface area (Å²) in [6.45, 7) is 0.852. The van der Waals surface area contributed by atoms with E-state index in [1.54, 1.807) is 14.2 Å². The van der Waals surface area contributed by atoms with Crippen LogP contribution in [0.25, 0.3) is 0 Å². The van der Waals surface area contributed by atoms with Crippen LogP contribution in [0, 0.1) is 5.41 Å². The van der Waals surface area contributed by atoms with E-state index in [1.807, 2.05) is 0 Å². The summed E-state index contributed by atoms with van der Waals surface area (Å²) in [7, 11) is 3.19. The van der Waals surface area contributed by atoms with Gasteiger partial charge in [0.2, 0.25) is 5.91 Å². The fourth-order valence-corrected chi connectivity index (χ4v) is 2.63. The van der Waals surface area contributed by atoms with Crippen LogP contribution in [0.4, 0.5) is 0 Å². The summed E-state index contributed by atoms with van der Waals surface area (Å²) in [6.07, 6.45) is 3.34. The van der Waals surface area contributed by atoms with E-state index in [2.05, 4.69) is 5.32 Å². The first-order chi connectivity index (χ1) is 8.56. The zero-order valence-electron chi connectivity index (χ0n) is 11.0. The molecule has 0 aromatic carbocycles. The minimum atomic E-state index is -0.652. The van der Waals surface area contributed by atoms with Gasteiger partial charge in [-0.3, -0.25) is 4.79 Å². The third kappa shape index (κ3) is 3.40. The first-order valence-electron chi connectivity index (χ1n) is 6.16. The van der Waals surface area contributed by atoms with E-state index in [1.165, 1.54) is 0 Å². The van der Waals surface area contributed by atoms with E-state index in [9.17, 15) is 4.79 Å². The third-order valence-electron chi connectivity index (χ3n) is 3.54.